The summed E-state index contributed by atoms with van der Waals surface area (Å²) in [5.74, 6) is 2.77. The highest BCUT2D eigenvalue weighted by Gasteiger charge is 2.59. The lowest BCUT2D eigenvalue weighted by Gasteiger charge is -2.60. The van der Waals surface area contributed by atoms with Crippen LogP contribution in [0.25, 0.3) is 0 Å². The normalized spacial score (nSPS) is 44.1. The van der Waals surface area contributed by atoms with E-state index in [0.717, 1.165) is 31.1 Å². The molecule has 0 saturated heterocycles. The van der Waals surface area contributed by atoms with Crippen LogP contribution in [0.3, 0.4) is 0 Å². The zero-order valence-electron chi connectivity index (χ0n) is 18.3. The maximum absolute atomic E-state index is 12.5. The zero-order chi connectivity index (χ0) is 20.9. The monoisotopic (exact) mass is 409 g/mol. The Kier molecular flexibility index (Phi) is 5.00. The second-order valence-electron chi connectivity index (χ2n) is 10.8. The van der Waals surface area contributed by atoms with Gasteiger partial charge in [0.1, 0.15) is 0 Å². The zero-order valence-corrected chi connectivity index (χ0v) is 18.3. The van der Waals surface area contributed by atoms with Crippen LogP contribution >= 0.6 is 0 Å². The van der Waals surface area contributed by atoms with Crippen molar-refractivity contribution < 1.29 is 9.90 Å². The number of amides is 1. The molecule has 162 valence electrons. The van der Waals surface area contributed by atoms with Crippen molar-refractivity contribution in [3.05, 3.63) is 30.1 Å². The van der Waals surface area contributed by atoms with Crippen LogP contribution in [0.2, 0.25) is 0 Å². The Balaban J connectivity index is 1.33. The number of rotatable bonds is 2. The van der Waals surface area contributed by atoms with Crippen LogP contribution in [0.4, 0.5) is 0 Å². The number of hydrogen-bond donors (Lipinski definition) is 2. The molecule has 1 aromatic rings. The first kappa shape index (κ1) is 20.2. The van der Waals surface area contributed by atoms with Crippen LogP contribution < -0.4 is 5.43 Å². The fourth-order valence-electron chi connectivity index (χ4n) is 7.89. The number of nitrogens with zero attached hydrogens (tertiary/aromatic N) is 2. The van der Waals surface area contributed by atoms with Crippen LogP contribution in [0.1, 0.15) is 82.0 Å². The molecular weight excluding hydrogens is 374 g/mol. The van der Waals surface area contributed by atoms with Gasteiger partial charge in [0.15, 0.2) is 0 Å². The highest BCUT2D eigenvalue weighted by molar-refractivity contribution is 5.97. The number of hydrazone groups is 1. The van der Waals surface area contributed by atoms with Crippen molar-refractivity contribution >= 4 is 11.6 Å². The molecule has 4 aliphatic rings. The second kappa shape index (κ2) is 7.44. The average molecular weight is 410 g/mol. The molecule has 30 heavy (non-hydrogen) atoms. The van der Waals surface area contributed by atoms with Gasteiger partial charge in [-0.1, -0.05) is 13.8 Å². The summed E-state index contributed by atoms with van der Waals surface area (Å²) in [7, 11) is 0. The molecule has 7 atom stereocenters. The third-order valence-electron chi connectivity index (χ3n) is 9.61. The van der Waals surface area contributed by atoms with Crippen LogP contribution in [-0.4, -0.2) is 27.8 Å². The van der Waals surface area contributed by atoms with Crippen LogP contribution in [0, 0.1) is 34.5 Å². The Morgan fingerprint density at radius 2 is 1.90 bits per heavy atom. The lowest BCUT2D eigenvalue weighted by Crippen LogP contribution is -2.54. The van der Waals surface area contributed by atoms with Crippen LogP contribution in [0.5, 0.6) is 0 Å². The molecule has 4 saturated carbocycles. The summed E-state index contributed by atoms with van der Waals surface area (Å²) >= 11 is 0. The van der Waals surface area contributed by atoms with Crippen LogP contribution in [0.15, 0.2) is 29.6 Å². The molecule has 1 heterocycles. The predicted molar refractivity (Wildman–Crippen MR) is 117 cm³/mol. The van der Waals surface area contributed by atoms with E-state index in [1.54, 1.807) is 24.5 Å². The minimum Gasteiger partial charge on any atom is -0.393 e. The maximum atomic E-state index is 12.5. The first-order valence-electron chi connectivity index (χ1n) is 11.9. The summed E-state index contributed by atoms with van der Waals surface area (Å²) in [4.78, 5) is 16.4. The first-order valence-corrected chi connectivity index (χ1v) is 11.9. The van der Waals surface area contributed by atoms with Gasteiger partial charge in [-0.05, 0) is 99.0 Å². The molecule has 4 aliphatic carbocycles. The van der Waals surface area contributed by atoms with E-state index in [2.05, 4.69) is 29.4 Å². The number of fused-ring (bicyclic) bond motifs is 5. The van der Waals surface area contributed by atoms with Gasteiger partial charge < -0.3 is 5.11 Å². The SMILES string of the molecule is C[C@]12CC[C@@H](O)C[C@@H]1CC[C@H]1[C@H]3CC/C(=N/NC(=O)c4ccncc4)[C@]3(C)CC[C@@H]12. The summed E-state index contributed by atoms with van der Waals surface area (Å²) in [5, 5.41) is 14.9. The van der Waals surface area contributed by atoms with Crippen molar-refractivity contribution in [2.45, 2.75) is 77.7 Å². The molecule has 5 heteroatoms. The van der Waals surface area contributed by atoms with Crippen molar-refractivity contribution in [3.63, 3.8) is 0 Å². The standard InChI is InChI=1S/C25H35N3O2/c1-24-11-7-18(29)15-17(24)3-4-19-20-5-6-22(25(20,2)12-8-21(19)24)27-28-23(30)16-9-13-26-14-10-16/h9-10,13-14,17-21,29H,3-8,11-12,15H2,1-2H3,(H,28,30)/b27-22-/t17-,18+,19-,20+,21-,24-,25+/m0/s1. The molecule has 4 fully saturated rings. The largest absolute Gasteiger partial charge is 0.393 e. The van der Waals surface area contributed by atoms with E-state index < -0.39 is 0 Å². The van der Waals surface area contributed by atoms with Gasteiger partial charge in [-0.3, -0.25) is 9.78 Å². The third kappa shape index (κ3) is 3.12. The van der Waals surface area contributed by atoms with Gasteiger partial charge in [-0.2, -0.15) is 5.10 Å². The lowest BCUT2D eigenvalue weighted by molar-refractivity contribution is -0.113. The van der Waals surface area contributed by atoms with Crippen molar-refractivity contribution in [3.8, 4) is 0 Å². The Labute approximate surface area is 179 Å². The van der Waals surface area contributed by atoms with Gasteiger partial charge in [0.05, 0.1) is 6.10 Å². The van der Waals surface area contributed by atoms with Gasteiger partial charge in [0.2, 0.25) is 0 Å². The molecule has 0 spiro atoms. The number of pyridine rings is 1. The van der Waals surface area contributed by atoms with Gasteiger partial charge >= 0.3 is 0 Å². The Bertz CT molecular complexity index is 840. The number of carbonyl (C=O) groups is 1. The molecule has 5 nitrogen and oxygen atoms in total. The minimum absolute atomic E-state index is 0.0808. The number of carbonyl (C=O) groups excluding carboxylic acids is 1. The third-order valence-corrected chi connectivity index (χ3v) is 9.61. The molecule has 2 N–H and O–H groups in total. The number of aliphatic hydroxyl groups is 1. The van der Waals surface area contributed by atoms with Crippen molar-refractivity contribution in [1.82, 2.24) is 10.4 Å². The minimum atomic E-state index is -0.153. The molecular formula is C25H35N3O2. The molecule has 0 unspecified atom stereocenters. The van der Waals surface area contributed by atoms with Gasteiger partial charge in [0, 0.05) is 29.1 Å². The number of aromatic nitrogens is 1. The molecule has 5 rings (SSSR count). The van der Waals surface area contributed by atoms with Crippen molar-refractivity contribution in [2.24, 2.45) is 39.6 Å². The predicted octanol–water partition coefficient (Wildman–Crippen LogP) is 4.57. The summed E-state index contributed by atoms with van der Waals surface area (Å²) in [6.45, 7) is 4.93. The Morgan fingerprint density at radius 3 is 2.70 bits per heavy atom. The van der Waals surface area contributed by atoms with Gasteiger partial charge in [0.25, 0.3) is 5.91 Å². The van der Waals surface area contributed by atoms with Crippen molar-refractivity contribution in [1.29, 1.82) is 0 Å². The molecule has 0 radical (unpaired) electrons. The summed E-state index contributed by atoms with van der Waals surface area (Å²) in [6, 6.07) is 3.44. The highest BCUT2D eigenvalue weighted by Crippen LogP contribution is 2.65. The first-order chi connectivity index (χ1) is 14.4. The highest BCUT2D eigenvalue weighted by atomic mass is 16.3. The number of hydrogen-bond acceptors (Lipinski definition) is 4. The quantitative estimate of drug-likeness (QED) is 0.703. The molecule has 1 aromatic heterocycles. The van der Waals surface area contributed by atoms with E-state index in [-0.39, 0.29) is 17.4 Å². The van der Waals surface area contributed by atoms with E-state index >= 15 is 0 Å². The van der Waals surface area contributed by atoms with E-state index in [0.29, 0.717) is 22.8 Å². The summed E-state index contributed by atoms with van der Waals surface area (Å²) in [6.07, 6.45) is 13.6. The fourth-order valence-corrected chi connectivity index (χ4v) is 7.89. The Hall–Kier alpha value is -1.75. The van der Waals surface area contributed by atoms with E-state index in [4.69, 9.17) is 0 Å². The number of nitrogens with one attached hydrogen (secondary N) is 1. The molecule has 0 aliphatic heterocycles. The summed E-state index contributed by atoms with van der Waals surface area (Å²) < 4.78 is 0. The maximum Gasteiger partial charge on any atom is 0.271 e. The smallest absolute Gasteiger partial charge is 0.271 e. The van der Waals surface area contributed by atoms with E-state index in [9.17, 15) is 9.90 Å². The average Bonchev–Trinajstić information content (AvgIpc) is 3.09. The second-order valence-corrected chi connectivity index (χ2v) is 10.8. The van der Waals surface area contributed by atoms with E-state index in [1.807, 2.05) is 0 Å². The molecule has 1 amide bonds. The van der Waals surface area contributed by atoms with Gasteiger partial charge in [-0.25, -0.2) is 5.43 Å². The molecule has 0 bridgehead atoms. The summed E-state index contributed by atoms with van der Waals surface area (Å²) in [5.41, 5.74) is 5.13. The van der Waals surface area contributed by atoms with Gasteiger partial charge in [-0.15, -0.1) is 0 Å². The van der Waals surface area contributed by atoms with E-state index in [1.165, 1.54) is 44.2 Å². The topological polar surface area (TPSA) is 74.6 Å². The number of aliphatic hydroxyl groups excluding tert-OH is 1. The fraction of sp³-hybridized carbons (Fsp3) is 0.720. The Morgan fingerprint density at radius 1 is 1.10 bits per heavy atom. The molecule has 0 aromatic carbocycles. The lowest BCUT2D eigenvalue weighted by atomic mass is 9.45. The van der Waals surface area contributed by atoms with Crippen LogP contribution in [-0.2, 0) is 0 Å². The van der Waals surface area contributed by atoms with Crippen molar-refractivity contribution in [2.75, 3.05) is 0 Å².